The van der Waals surface area contributed by atoms with Crippen molar-refractivity contribution in [3.05, 3.63) is 58.1 Å². The highest BCUT2D eigenvalue weighted by molar-refractivity contribution is 6.32. The molecule has 1 aliphatic heterocycles. The minimum Gasteiger partial charge on any atom is -0.507 e. The Hall–Kier alpha value is -3.25. The minimum atomic E-state index is -1.52. The van der Waals surface area contributed by atoms with Gasteiger partial charge in [0.05, 0.1) is 91.2 Å². The van der Waals surface area contributed by atoms with Crippen molar-refractivity contribution in [1.82, 2.24) is 4.90 Å². The molecule has 0 saturated carbocycles. The summed E-state index contributed by atoms with van der Waals surface area (Å²) in [5.41, 5.74) is 0.649. The van der Waals surface area contributed by atoms with E-state index < -0.39 is 126 Å². The molecule has 0 bridgehead atoms. The number of likely N-dealkylation sites (N-methyl/N-ethyl adjacent to an activating group) is 1. The van der Waals surface area contributed by atoms with Crippen molar-refractivity contribution in [2.75, 3.05) is 7.05 Å². The molecule has 84 heavy (non-hydrogen) atoms. The van der Waals surface area contributed by atoms with Crippen LogP contribution in [0.25, 0.3) is 0 Å². The number of carbonyl (C=O) groups is 3. The second-order valence-corrected chi connectivity index (χ2v) is 26.1. The fourth-order valence-electron chi connectivity index (χ4n) is 11.1. The molecule has 1 heterocycles. The van der Waals surface area contributed by atoms with Crippen molar-refractivity contribution >= 4 is 17.5 Å². The van der Waals surface area contributed by atoms with Crippen LogP contribution in [0.4, 0.5) is 0 Å². The molecular weight excluding hydrogens is 1080 g/mol. The molecule has 488 valence electrons. The summed E-state index contributed by atoms with van der Waals surface area (Å²) < 4.78 is 0. The fraction of sp³-hybridized carbons (Fsp3) is 0.800. The number of carbonyl (C=O) groups excluding carboxylic acids is 3. The lowest BCUT2D eigenvalue weighted by molar-refractivity contribution is -0.123. The van der Waals surface area contributed by atoms with Crippen LogP contribution in [0.3, 0.4) is 0 Å². The standard InChI is InChI=1S/C65H115NO18/c1-34(2)27-51-64(83)57(65(84)66(51)15)63(82)39(8)22-26-49(70)31-47(68)24-20-37(6)60(79)43(12)52(72)17-16-18-53(73)44(13)62(81)41(10)28-40(9)59(78)42(11)29-55(75)56(76)33-50(71)32-54(74)36(5)19-23-46(67)30-48(69)25-21-38(7)61(80)45(14)58(77)35(3)4/h22,27-29,34-38,40,43-50,52-56,58,60-62,67-77,79-82H,16-21,23-26,30-33H2,1-15H3/b39-22+,41-28+,42-29+,51-27-,63-57-. The zero-order valence-electron chi connectivity index (χ0n) is 53.4. The summed E-state index contributed by atoms with van der Waals surface area (Å²) in [4.78, 5) is 40.2. The van der Waals surface area contributed by atoms with Gasteiger partial charge in [-0.05, 0) is 157 Å². The number of likely N-dealkylation sites (tertiary alicyclic amines) is 1. The molecule has 1 amide bonds. The van der Waals surface area contributed by atoms with Gasteiger partial charge in [0.2, 0.25) is 5.78 Å². The lowest BCUT2D eigenvalue weighted by atomic mass is 9.82. The van der Waals surface area contributed by atoms with E-state index in [4.69, 9.17) is 0 Å². The van der Waals surface area contributed by atoms with Crippen LogP contribution in [0.1, 0.15) is 187 Å². The molecule has 15 N–H and O–H groups in total. The van der Waals surface area contributed by atoms with Gasteiger partial charge >= 0.3 is 0 Å². The van der Waals surface area contributed by atoms with Gasteiger partial charge in [0.15, 0.2) is 5.78 Å². The van der Waals surface area contributed by atoms with E-state index in [0.717, 1.165) is 0 Å². The van der Waals surface area contributed by atoms with E-state index in [1.54, 1.807) is 60.6 Å². The number of ketones is 2. The van der Waals surface area contributed by atoms with Gasteiger partial charge in [-0.2, -0.15) is 0 Å². The molecule has 1 aliphatic rings. The Morgan fingerprint density at radius 1 is 0.500 bits per heavy atom. The van der Waals surface area contributed by atoms with Crippen molar-refractivity contribution in [1.29, 1.82) is 0 Å². The Balaban J connectivity index is 2.59. The first-order valence-electron chi connectivity index (χ1n) is 30.9. The lowest BCUT2D eigenvalue weighted by Crippen LogP contribution is -2.37. The summed E-state index contributed by atoms with van der Waals surface area (Å²) >= 11 is 0. The van der Waals surface area contributed by atoms with Crippen molar-refractivity contribution < 1.29 is 91.0 Å². The first kappa shape index (κ1) is 78.8. The molecule has 1 rings (SSSR count). The normalized spacial score (nSPS) is 23.0. The fourth-order valence-corrected chi connectivity index (χ4v) is 11.1. The Morgan fingerprint density at radius 2 is 0.964 bits per heavy atom. The van der Waals surface area contributed by atoms with E-state index in [2.05, 4.69) is 0 Å². The second-order valence-electron chi connectivity index (χ2n) is 26.1. The number of amides is 1. The lowest BCUT2D eigenvalue weighted by Gasteiger charge is -2.31. The predicted molar refractivity (Wildman–Crippen MR) is 324 cm³/mol. The molecule has 21 unspecified atom stereocenters. The third-order valence-corrected chi connectivity index (χ3v) is 17.5. The van der Waals surface area contributed by atoms with Crippen molar-refractivity contribution in [2.45, 2.75) is 272 Å². The first-order chi connectivity index (χ1) is 38.9. The number of nitrogens with zero attached hydrogens (tertiary/aromatic N) is 1. The number of Topliss-reactive ketones (excluding diaryl/α,β-unsaturated/α-hetero) is 2. The van der Waals surface area contributed by atoms with Gasteiger partial charge in [-0.1, -0.05) is 94.4 Å². The Kier molecular flexibility index (Phi) is 35.8. The van der Waals surface area contributed by atoms with Crippen molar-refractivity contribution in [2.24, 2.45) is 53.3 Å². The number of hydrogen-bond donors (Lipinski definition) is 15. The summed E-state index contributed by atoms with van der Waals surface area (Å²) in [7, 11) is 1.46. The number of aliphatic hydroxyl groups excluding tert-OH is 15. The van der Waals surface area contributed by atoms with Crippen LogP contribution < -0.4 is 0 Å². The maximum atomic E-state index is 13.4. The number of aliphatic hydroxyl groups is 15. The summed E-state index contributed by atoms with van der Waals surface area (Å²) in [6.45, 7) is 24.4. The average molecular weight is 1200 g/mol. The Bertz CT molecular complexity index is 2140. The molecule has 1 fully saturated rings. The third kappa shape index (κ3) is 26.2. The summed E-state index contributed by atoms with van der Waals surface area (Å²) in [5.74, 6) is -5.20. The predicted octanol–water partition coefficient (Wildman–Crippen LogP) is 5.41. The van der Waals surface area contributed by atoms with Gasteiger partial charge < -0.3 is 81.5 Å². The van der Waals surface area contributed by atoms with E-state index in [-0.39, 0.29) is 116 Å². The molecule has 21 atom stereocenters. The molecule has 0 aliphatic carbocycles. The zero-order chi connectivity index (χ0) is 64.8. The molecule has 1 saturated heterocycles. The summed E-state index contributed by atoms with van der Waals surface area (Å²) in [5, 5.41) is 162. The Labute approximate surface area is 502 Å². The van der Waals surface area contributed by atoms with Gasteiger partial charge in [0.1, 0.15) is 11.3 Å². The van der Waals surface area contributed by atoms with E-state index >= 15 is 0 Å². The van der Waals surface area contributed by atoms with Gasteiger partial charge in [-0.15, -0.1) is 0 Å². The average Bonchev–Trinajstić information content (AvgIpc) is 3.61. The van der Waals surface area contributed by atoms with Crippen molar-refractivity contribution in [3.8, 4) is 0 Å². The number of hydrogen-bond acceptors (Lipinski definition) is 18. The second kappa shape index (κ2) is 38.2. The number of rotatable bonds is 41. The molecule has 19 nitrogen and oxygen atoms in total. The first-order valence-corrected chi connectivity index (χ1v) is 30.9. The van der Waals surface area contributed by atoms with Gasteiger partial charge in [-0.3, -0.25) is 14.4 Å². The van der Waals surface area contributed by atoms with Crippen LogP contribution in [-0.2, 0) is 14.4 Å². The molecular formula is C65H115NO18. The minimum absolute atomic E-state index is 0.000161. The van der Waals surface area contributed by atoms with Crippen LogP contribution in [-0.4, -0.2) is 191 Å². The molecule has 0 aromatic heterocycles. The summed E-state index contributed by atoms with van der Waals surface area (Å²) in [6, 6.07) is 0. The maximum Gasteiger partial charge on any atom is 0.265 e. The van der Waals surface area contributed by atoms with Gasteiger partial charge in [0.25, 0.3) is 5.91 Å². The largest absolute Gasteiger partial charge is 0.507 e. The van der Waals surface area contributed by atoms with Crippen LogP contribution in [0.15, 0.2) is 58.1 Å². The van der Waals surface area contributed by atoms with E-state index in [1.165, 1.54) is 37.9 Å². The van der Waals surface area contributed by atoms with Crippen molar-refractivity contribution in [3.63, 3.8) is 0 Å². The van der Waals surface area contributed by atoms with E-state index in [1.807, 2.05) is 34.6 Å². The molecule has 0 aromatic rings. The molecule has 0 aromatic carbocycles. The number of allylic oxidation sites excluding steroid dienone is 5. The SMILES string of the molecule is C/C(=C\C(O)C(O)CC(O)CC(O)C(C)CCC(O)CC(O)CCC(C)C(O)C(C)C(O)C(C)C)C(=O)C(C)/C=C(\C)C(O)C(C)C(O)CCCC(O)C(C)C(O)C(C)CCC(O)CC(O)C/C=C(C)/C(O)=C1\C(=O)/C(=C/C(C)C)N(C)C1=O. The topological polar surface area (TPSA) is 358 Å². The van der Waals surface area contributed by atoms with E-state index in [0.29, 0.717) is 37.7 Å². The highest BCUT2D eigenvalue weighted by atomic mass is 16.3. The zero-order valence-corrected chi connectivity index (χ0v) is 53.4. The molecule has 19 heteroatoms. The Morgan fingerprint density at radius 3 is 1.46 bits per heavy atom. The third-order valence-electron chi connectivity index (χ3n) is 17.5. The van der Waals surface area contributed by atoms with Crippen LogP contribution in [0, 0.1) is 53.3 Å². The van der Waals surface area contributed by atoms with Gasteiger partial charge in [-0.25, -0.2) is 0 Å². The smallest absolute Gasteiger partial charge is 0.265 e. The van der Waals surface area contributed by atoms with Crippen LogP contribution in [0.2, 0.25) is 0 Å². The maximum absolute atomic E-state index is 13.4. The quantitative estimate of drug-likeness (QED) is 0.0157. The highest BCUT2D eigenvalue weighted by Gasteiger charge is 2.40. The monoisotopic (exact) mass is 1200 g/mol. The summed E-state index contributed by atoms with van der Waals surface area (Å²) in [6.07, 6.45) is -5.44. The van der Waals surface area contributed by atoms with E-state index in [9.17, 15) is 91.0 Å². The van der Waals surface area contributed by atoms with Crippen LogP contribution in [0.5, 0.6) is 0 Å². The highest BCUT2D eigenvalue weighted by Crippen LogP contribution is 2.31. The van der Waals surface area contributed by atoms with Crippen LogP contribution >= 0.6 is 0 Å². The molecule has 0 radical (unpaired) electrons. The van der Waals surface area contributed by atoms with Gasteiger partial charge in [0, 0.05) is 37.1 Å². The molecule has 0 spiro atoms.